The van der Waals surface area contributed by atoms with Gasteiger partial charge in [0.15, 0.2) is 0 Å². The molecule has 3 unspecified atom stereocenters. The van der Waals surface area contributed by atoms with Crippen molar-refractivity contribution in [2.45, 2.75) is 32.2 Å². The van der Waals surface area contributed by atoms with Crippen LogP contribution in [0.15, 0.2) is 40.3 Å². The Morgan fingerprint density at radius 3 is 2.76 bits per heavy atom. The summed E-state index contributed by atoms with van der Waals surface area (Å²) in [5.74, 6) is 4.28. The van der Waals surface area contributed by atoms with Crippen LogP contribution in [-0.2, 0) is 0 Å². The van der Waals surface area contributed by atoms with Crippen LogP contribution in [0.4, 0.5) is 8.78 Å². The topological polar surface area (TPSA) is 84.6 Å². The van der Waals surface area contributed by atoms with Crippen molar-refractivity contribution in [1.29, 1.82) is 0 Å². The normalized spacial score (nSPS) is 25.4. The summed E-state index contributed by atoms with van der Waals surface area (Å²) < 4.78 is 27.4. The zero-order chi connectivity index (χ0) is 16.0. The van der Waals surface area contributed by atoms with E-state index in [1.807, 2.05) is 0 Å². The zero-order valence-corrected chi connectivity index (χ0v) is 12.5. The van der Waals surface area contributed by atoms with Gasteiger partial charge in [0, 0.05) is 17.4 Å². The lowest BCUT2D eigenvalue weighted by Crippen LogP contribution is -2.23. The third-order valence-electron chi connectivity index (χ3n) is 3.28. The fourth-order valence-electron chi connectivity index (χ4n) is 1.90. The first-order chi connectivity index (χ1) is 9.90. The molecule has 0 aromatic carbocycles. The molecule has 0 bridgehead atoms. The van der Waals surface area contributed by atoms with Gasteiger partial charge in [-0.1, -0.05) is 6.92 Å². The summed E-state index contributed by atoms with van der Waals surface area (Å²) in [6, 6.07) is 0. The number of halogens is 3. The van der Waals surface area contributed by atoms with E-state index in [1.165, 1.54) is 25.2 Å². The first-order valence-corrected chi connectivity index (χ1v) is 7.15. The Bertz CT molecular complexity index is 487. The van der Waals surface area contributed by atoms with Crippen LogP contribution in [0, 0.1) is 5.92 Å². The van der Waals surface area contributed by atoms with Crippen molar-refractivity contribution in [2.24, 2.45) is 22.6 Å². The van der Waals surface area contributed by atoms with Gasteiger partial charge in [0.25, 0.3) is 0 Å². The second-order valence-electron chi connectivity index (χ2n) is 4.86. The van der Waals surface area contributed by atoms with E-state index in [-0.39, 0.29) is 11.3 Å². The van der Waals surface area contributed by atoms with Gasteiger partial charge in [0.2, 0.25) is 0 Å². The van der Waals surface area contributed by atoms with Gasteiger partial charge >= 0.3 is 0 Å². The van der Waals surface area contributed by atoms with Crippen molar-refractivity contribution in [1.82, 2.24) is 0 Å². The van der Waals surface area contributed by atoms with Crippen molar-refractivity contribution in [3.8, 4) is 0 Å². The minimum absolute atomic E-state index is 0.161. The molecule has 0 aromatic rings. The van der Waals surface area contributed by atoms with Crippen molar-refractivity contribution >= 4 is 17.3 Å². The molecule has 3 atom stereocenters. The summed E-state index contributed by atoms with van der Waals surface area (Å²) in [4.78, 5) is 0. The van der Waals surface area contributed by atoms with Gasteiger partial charge in [-0.2, -0.15) is 5.10 Å². The van der Waals surface area contributed by atoms with E-state index in [0.717, 1.165) is 0 Å². The third-order valence-corrected chi connectivity index (χ3v) is 3.55. The molecule has 118 valence electrons. The first kappa shape index (κ1) is 17.8. The molecule has 21 heavy (non-hydrogen) atoms. The van der Waals surface area contributed by atoms with Crippen molar-refractivity contribution < 1.29 is 13.9 Å². The molecule has 7 heteroatoms. The van der Waals surface area contributed by atoms with Crippen LogP contribution in [0.2, 0.25) is 0 Å². The van der Waals surface area contributed by atoms with Crippen molar-refractivity contribution in [3.05, 3.63) is 35.2 Å². The number of rotatable bonds is 6. The summed E-state index contributed by atoms with van der Waals surface area (Å²) in [5, 5.41) is 13.0. The number of allylic oxidation sites excluding steroid dienone is 5. The van der Waals surface area contributed by atoms with E-state index in [0.29, 0.717) is 24.3 Å². The number of nitrogens with zero attached hydrogens (tertiary/aromatic N) is 1. The number of alkyl halides is 2. The maximum absolute atomic E-state index is 13.7. The van der Waals surface area contributed by atoms with E-state index >= 15 is 0 Å². The Kier molecular flexibility index (Phi) is 7.01. The number of hydrogen-bond donors (Lipinski definition) is 3. The highest BCUT2D eigenvalue weighted by molar-refractivity contribution is 6.17. The molecule has 4 nitrogen and oxygen atoms in total. The Balaban J connectivity index is 3.05. The molecular weight excluding hydrogens is 300 g/mol. The third kappa shape index (κ3) is 4.91. The van der Waals surface area contributed by atoms with Crippen molar-refractivity contribution in [3.63, 3.8) is 0 Å². The number of hydrazone groups is 1. The van der Waals surface area contributed by atoms with Gasteiger partial charge in [-0.05, 0) is 36.6 Å². The lowest BCUT2D eigenvalue weighted by molar-refractivity contribution is 0.214. The summed E-state index contributed by atoms with van der Waals surface area (Å²) in [6.45, 7) is 1.45. The van der Waals surface area contributed by atoms with E-state index in [4.69, 9.17) is 23.2 Å². The smallest absolute Gasteiger partial charge is 0.128 e. The van der Waals surface area contributed by atoms with E-state index in [2.05, 4.69) is 5.10 Å². The number of nitrogens with two attached hydrogens (primary N) is 2. The lowest BCUT2D eigenvalue weighted by Gasteiger charge is -2.19. The first-order valence-electron chi connectivity index (χ1n) is 6.62. The predicted molar refractivity (Wildman–Crippen MR) is 81.2 cm³/mol. The number of hydrogen-bond acceptors (Lipinski definition) is 4. The Morgan fingerprint density at radius 1 is 1.62 bits per heavy atom. The second kappa shape index (κ2) is 8.26. The van der Waals surface area contributed by atoms with Gasteiger partial charge in [-0.15, -0.1) is 11.6 Å². The highest BCUT2D eigenvalue weighted by Crippen LogP contribution is 2.28. The molecule has 0 heterocycles. The van der Waals surface area contributed by atoms with Crippen LogP contribution in [0.1, 0.15) is 19.8 Å². The van der Waals surface area contributed by atoms with E-state index < -0.39 is 24.1 Å². The SMILES string of the molecule is CC1C(F)=CC(C(/C=C(\CCCCl)C(N)O)=N/N)=CC1F. The fraction of sp³-hybridized carbons (Fsp3) is 0.500. The minimum atomic E-state index is -1.45. The van der Waals surface area contributed by atoms with E-state index in [9.17, 15) is 13.9 Å². The Hall–Kier alpha value is -1.24. The molecule has 0 aliphatic heterocycles. The molecule has 0 saturated carbocycles. The van der Waals surface area contributed by atoms with Crippen LogP contribution < -0.4 is 11.6 Å². The molecule has 1 rings (SSSR count). The molecule has 1 aliphatic rings. The summed E-state index contributed by atoms with van der Waals surface area (Å²) >= 11 is 5.60. The summed E-state index contributed by atoms with van der Waals surface area (Å²) in [7, 11) is 0. The molecular formula is C14H20ClF2N3O. The van der Waals surface area contributed by atoms with Gasteiger partial charge < -0.3 is 16.7 Å². The van der Waals surface area contributed by atoms with Gasteiger partial charge in [0.05, 0.1) is 5.71 Å². The summed E-state index contributed by atoms with van der Waals surface area (Å²) in [6.07, 6.45) is 2.26. The monoisotopic (exact) mass is 319 g/mol. The van der Waals surface area contributed by atoms with Gasteiger partial charge in [-0.3, -0.25) is 0 Å². The quantitative estimate of drug-likeness (QED) is 0.231. The highest BCUT2D eigenvalue weighted by Gasteiger charge is 2.25. The largest absolute Gasteiger partial charge is 0.375 e. The van der Waals surface area contributed by atoms with Gasteiger partial charge in [-0.25, -0.2) is 8.78 Å². The molecule has 0 spiro atoms. The van der Waals surface area contributed by atoms with Gasteiger partial charge in [0.1, 0.15) is 18.2 Å². The van der Waals surface area contributed by atoms with E-state index in [1.54, 1.807) is 0 Å². The summed E-state index contributed by atoms with van der Waals surface area (Å²) in [5.41, 5.74) is 6.29. The maximum Gasteiger partial charge on any atom is 0.128 e. The lowest BCUT2D eigenvalue weighted by atomic mass is 9.92. The molecule has 0 fully saturated rings. The molecule has 1 aliphatic carbocycles. The molecule has 5 N–H and O–H groups in total. The highest BCUT2D eigenvalue weighted by atomic mass is 35.5. The van der Waals surface area contributed by atoms with Crippen LogP contribution in [0.25, 0.3) is 0 Å². The predicted octanol–water partition coefficient (Wildman–Crippen LogP) is 2.29. The average Bonchev–Trinajstić information content (AvgIpc) is 2.44. The Labute approximate surface area is 127 Å². The Morgan fingerprint density at radius 2 is 2.29 bits per heavy atom. The fourth-order valence-corrected chi connectivity index (χ4v) is 2.04. The molecule has 0 aromatic heterocycles. The zero-order valence-electron chi connectivity index (χ0n) is 11.8. The molecule has 0 amide bonds. The molecule has 0 saturated heterocycles. The number of aliphatic hydroxyl groups excluding tert-OH is 1. The maximum atomic E-state index is 13.7. The second-order valence-corrected chi connectivity index (χ2v) is 5.23. The van der Waals surface area contributed by atoms with Crippen LogP contribution in [0.5, 0.6) is 0 Å². The standard InChI is InChI=1S/C14H20ClF2N3O/c1-8-11(16)5-10(6-12(8)17)13(20-19)7-9(14(18)21)3-2-4-15/h5-8,11,14,21H,2-4,18-19H2,1H3/b9-7+,20-13+. The van der Waals surface area contributed by atoms with Crippen LogP contribution in [-0.4, -0.2) is 29.1 Å². The van der Waals surface area contributed by atoms with Crippen LogP contribution >= 0.6 is 11.6 Å². The van der Waals surface area contributed by atoms with Crippen molar-refractivity contribution in [2.75, 3.05) is 5.88 Å². The average molecular weight is 320 g/mol. The number of aliphatic hydroxyl groups is 1. The minimum Gasteiger partial charge on any atom is -0.375 e. The molecule has 0 radical (unpaired) electrons. The van der Waals surface area contributed by atoms with Crippen LogP contribution in [0.3, 0.4) is 0 Å².